The summed E-state index contributed by atoms with van der Waals surface area (Å²) < 4.78 is 1.65. The van der Waals surface area contributed by atoms with Crippen LogP contribution in [-0.2, 0) is 13.0 Å². The van der Waals surface area contributed by atoms with Crippen molar-refractivity contribution in [2.24, 2.45) is 5.41 Å². The van der Waals surface area contributed by atoms with Gasteiger partial charge < -0.3 is 5.32 Å². The Balaban J connectivity index is 1.63. The Bertz CT molecular complexity index is 1050. The van der Waals surface area contributed by atoms with Crippen LogP contribution in [0.1, 0.15) is 57.8 Å². The SMILES string of the molecule is Cc1ccc(CNC(=O)c2cnn3c4c(cnc23)C(=O)CC(C)(C)C4)cc1. The molecule has 0 unspecified atom stereocenters. The monoisotopic (exact) mass is 362 g/mol. The minimum absolute atomic E-state index is 0.0801. The van der Waals surface area contributed by atoms with E-state index in [2.05, 4.69) is 29.2 Å². The molecule has 6 nitrogen and oxygen atoms in total. The molecule has 138 valence electrons. The number of benzene rings is 1. The number of hydrogen-bond acceptors (Lipinski definition) is 4. The Morgan fingerprint density at radius 3 is 2.67 bits per heavy atom. The maximum Gasteiger partial charge on any atom is 0.257 e. The molecule has 1 aliphatic carbocycles. The number of nitrogens with zero attached hydrogens (tertiary/aromatic N) is 3. The highest BCUT2D eigenvalue weighted by Crippen LogP contribution is 2.34. The fraction of sp³-hybridized carbons (Fsp3) is 0.333. The van der Waals surface area contributed by atoms with E-state index in [1.807, 2.05) is 31.2 Å². The van der Waals surface area contributed by atoms with E-state index in [1.54, 1.807) is 10.7 Å². The van der Waals surface area contributed by atoms with Crippen LogP contribution in [0, 0.1) is 12.3 Å². The molecule has 0 fully saturated rings. The van der Waals surface area contributed by atoms with E-state index in [1.165, 1.54) is 11.8 Å². The molecule has 4 rings (SSSR count). The average molecular weight is 362 g/mol. The number of aromatic nitrogens is 3. The Labute approximate surface area is 157 Å². The normalized spacial score (nSPS) is 15.6. The van der Waals surface area contributed by atoms with Crippen LogP contribution in [0.4, 0.5) is 0 Å². The van der Waals surface area contributed by atoms with Gasteiger partial charge in [0.1, 0.15) is 5.56 Å². The molecule has 0 aliphatic heterocycles. The molecule has 1 amide bonds. The minimum Gasteiger partial charge on any atom is -0.348 e. The highest BCUT2D eigenvalue weighted by molar-refractivity contribution is 6.01. The Morgan fingerprint density at radius 2 is 1.93 bits per heavy atom. The van der Waals surface area contributed by atoms with Crippen LogP contribution < -0.4 is 5.32 Å². The van der Waals surface area contributed by atoms with E-state index in [9.17, 15) is 9.59 Å². The molecule has 0 saturated carbocycles. The molecule has 27 heavy (non-hydrogen) atoms. The first kappa shape index (κ1) is 17.4. The third kappa shape index (κ3) is 3.23. The molecule has 0 atom stereocenters. The van der Waals surface area contributed by atoms with Gasteiger partial charge in [-0.25, -0.2) is 9.50 Å². The van der Waals surface area contributed by atoms with Gasteiger partial charge in [0, 0.05) is 19.2 Å². The summed E-state index contributed by atoms with van der Waals surface area (Å²) in [6.45, 7) is 6.60. The van der Waals surface area contributed by atoms with E-state index in [-0.39, 0.29) is 17.1 Å². The maximum absolute atomic E-state index is 12.6. The lowest BCUT2D eigenvalue weighted by Crippen LogP contribution is -2.29. The lowest BCUT2D eigenvalue weighted by molar-refractivity contribution is 0.0907. The predicted molar refractivity (Wildman–Crippen MR) is 102 cm³/mol. The van der Waals surface area contributed by atoms with Gasteiger partial charge in [0.05, 0.1) is 17.5 Å². The molecular formula is C21H22N4O2. The van der Waals surface area contributed by atoms with Gasteiger partial charge in [-0.05, 0) is 24.3 Å². The summed E-state index contributed by atoms with van der Waals surface area (Å²) in [7, 11) is 0. The van der Waals surface area contributed by atoms with Gasteiger partial charge in [0.25, 0.3) is 5.91 Å². The maximum atomic E-state index is 12.6. The first-order chi connectivity index (χ1) is 12.8. The van der Waals surface area contributed by atoms with Gasteiger partial charge in [0.2, 0.25) is 0 Å². The van der Waals surface area contributed by atoms with Crippen LogP contribution in [0.3, 0.4) is 0 Å². The number of amides is 1. The zero-order valence-electron chi connectivity index (χ0n) is 15.7. The van der Waals surface area contributed by atoms with Crippen molar-refractivity contribution >= 4 is 17.3 Å². The number of nitrogens with one attached hydrogen (secondary N) is 1. The molecule has 0 bridgehead atoms. The van der Waals surface area contributed by atoms with Crippen molar-refractivity contribution in [3.05, 3.63) is 64.6 Å². The van der Waals surface area contributed by atoms with E-state index in [0.29, 0.717) is 29.7 Å². The average Bonchev–Trinajstić information content (AvgIpc) is 3.04. The number of fused-ring (bicyclic) bond motifs is 3. The van der Waals surface area contributed by atoms with Crippen molar-refractivity contribution in [1.82, 2.24) is 19.9 Å². The molecule has 0 spiro atoms. The second-order valence-electron chi connectivity index (χ2n) is 8.02. The van der Waals surface area contributed by atoms with Gasteiger partial charge in [-0.2, -0.15) is 5.10 Å². The predicted octanol–water partition coefficient (Wildman–Crippen LogP) is 3.12. The van der Waals surface area contributed by atoms with Crippen molar-refractivity contribution in [3.63, 3.8) is 0 Å². The Hall–Kier alpha value is -3.02. The number of Topliss-reactive ketones (excluding diaryl/α,β-unsaturated/α-hetero) is 1. The fourth-order valence-electron chi connectivity index (χ4n) is 3.57. The second kappa shape index (κ2) is 6.30. The van der Waals surface area contributed by atoms with E-state index in [4.69, 9.17) is 0 Å². The highest BCUT2D eigenvalue weighted by Gasteiger charge is 2.33. The van der Waals surface area contributed by atoms with E-state index >= 15 is 0 Å². The molecule has 2 aromatic heterocycles. The number of carbonyl (C=O) groups excluding carboxylic acids is 2. The molecule has 0 radical (unpaired) electrons. The van der Waals surface area contributed by atoms with Crippen molar-refractivity contribution < 1.29 is 9.59 Å². The summed E-state index contributed by atoms with van der Waals surface area (Å²) >= 11 is 0. The van der Waals surface area contributed by atoms with Crippen molar-refractivity contribution in [3.8, 4) is 0 Å². The van der Waals surface area contributed by atoms with Gasteiger partial charge in [-0.15, -0.1) is 0 Å². The summed E-state index contributed by atoms with van der Waals surface area (Å²) in [6.07, 6.45) is 4.33. The zero-order valence-corrected chi connectivity index (χ0v) is 15.7. The number of hydrogen-bond donors (Lipinski definition) is 1. The Kier molecular flexibility index (Phi) is 4.06. The largest absolute Gasteiger partial charge is 0.348 e. The molecule has 2 heterocycles. The molecule has 0 saturated heterocycles. The smallest absolute Gasteiger partial charge is 0.257 e. The van der Waals surface area contributed by atoms with E-state index in [0.717, 1.165) is 17.7 Å². The highest BCUT2D eigenvalue weighted by atomic mass is 16.1. The lowest BCUT2D eigenvalue weighted by atomic mass is 9.76. The number of aryl methyl sites for hydroxylation is 1. The second-order valence-corrected chi connectivity index (χ2v) is 8.02. The molecule has 3 aromatic rings. The molecule has 1 N–H and O–H groups in total. The van der Waals surface area contributed by atoms with Gasteiger partial charge in [-0.3, -0.25) is 9.59 Å². The van der Waals surface area contributed by atoms with Crippen LogP contribution in [0.25, 0.3) is 5.65 Å². The molecule has 6 heteroatoms. The van der Waals surface area contributed by atoms with Gasteiger partial charge in [-0.1, -0.05) is 43.7 Å². The quantitative estimate of drug-likeness (QED) is 0.777. The first-order valence-electron chi connectivity index (χ1n) is 9.07. The summed E-state index contributed by atoms with van der Waals surface area (Å²) in [4.78, 5) is 29.4. The third-order valence-corrected chi connectivity index (χ3v) is 5.03. The van der Waals surface area contributed by atoms with Crippen LogP contribution in [0.15, 0.2) is 36.7 Å². The topological polar surface area (TPSA) is 76.4 Å². The third-order valence-electron chi connectivity index (χ3n) is 5.03. The first-order valence-corrected chi connectivity index (χ1v) is 9.07. The summed E-state index contributed by atoms with van der Waals surface area (Å²) in [5.74, 6) is -0.143. The fourth-order valence-corrected chi connectivity index (χ4v) is 3.57. The minimum atomic E-state index is -0.223. The molecule has 1 aromatic carbocycles. The lowest BCUT2D eigenvalue weighted by Gasteiger charge is -2.29. The standard InChI is InChI=1S/C21H22N4O2/c1-13-4-6-14(7-5-13)10-23-20(27)16-12-24-25-17-8-21(2,3)9-18(26)15(17)11-22-19(16)25/h4-7,11-12H,8-10H2,1-3H3,(H,23,27). The molecular weight excluding hydrogens is 340 g/mol. The number of carbonyl (C=O) groups is 2. The van der Waals surface area contributed by atoms with Crippen molar-refractivity contribution in [2.75, 3.05) is 0 Å². The van der Waals surface area contributed by atoms with Crippen LogP contribution >= 0.6 is 0 Å². The van der Waals surface area contributed by atoms with Gasteiger partial charge >= 0.3 is 0 Å². The number of rotatable bonds is 3. The summed E-state index contributed by atoms with van der Waals surface area (Å²) in [5, 5.41) is 7.28. The van der Waals surface area contributed by atoms with Crippen molar-refractivity contribution in [2.45, 2.75) is 40.2 Å². The van der Waals surface area contributed by atoms with Crippen LogP contribution in [-0.4, -0.2) is 26.3 Å². The molecule has 1 aliphatic rings. The summed E-state index contributed by atoms with van der Waals surface area (Å²) in [5.41, 5.74) is 4.43. The Morgan fingerprint density at radius 1 is 1.19 bits per heavy atom. The summed E-state index contributed by atoms with van der Waals surface area (Å²) in [6, 6.07) is 8.02. The van der Waals surface area contributed by atoms with Crippen LogP contribution in [0.2, 0.25) is 0 Å². The van der Waals surface area contributed by atoms with Gasteiger partial charge in [0.15, 0.2) is 11.4 Å². The zero-order chi connectivity index (χ0) is 19.2. The number of ketones is 1. The van der Waals surface area contributed by atoms with Crippen LogP contribution in [0.5, 0.6) is 0 Å². The van der Waals surface area contributed by atoms with Crippen molar-refractivity contribution in [1.29, 1.82) is 0 Å². The van der Waals surface area contributed by atoms with E-state index < -0.39 is 0 Å².